The van der Waals surface area contributed by atoms with Crippen LogP contribution in [-0.2, 0) is 23.8 Å². The molecule has 0 aromatic rings. The van der Waals surface area contributed by atoms with E-state index in [0.29, 0.717) is 52.6 Å². The van der Waals surface area contributed by atoms with Crippen LogP contribution < -0.4 is 0 Å². The van der Waals surface area contributed by atoms with Crippen molar-refractivity contribution in [2.75, 3.05) is 52.4 Å². The van der Waals surface area contributed by atoms with Gasteiger partial charge in [-0.15, -0.1) is 0 Å². The van der Waals surface area contributed by atoms with E-state index in [1.54, 1.807) is 0 Å². The number of nitrogens with zero attached hydrogens (tertiary/aromatic N) is 1. The summed E-state index contributed by atoms with van der Waals surface area (Å²) in [6.07, 6.45) is 2.15. The molecule has 0 aromatic heterocycles. The molecule has 1 rings (SSSR count). The zero-order chi connectivity index (χ0) is 14.8. The predicted octanol–water partition coefficient (Wildman–Crippen LogP) is 0.547. The van der Waals surface area contributed by atoms with E-state index in [9.17, 15) is 9.59 Å². The van der Waals surface area contributed by atoms with E-state index in [2.05, 4.69) is 0 Å². The quantitative estimate of drug-likeness (QED) is 0.410. The average Bonchev–Trinajstić information content (AvgIpc) is 2.72. The molecule has 0 N–H and O–H groups in total. The molecule has 0 spiro atoms. The van der Waals surface area contributed by atoms with E-state index in [0.717, 1.165) is 0 Å². The molecule has 1 fully saturated rings. The molecule has 2 amide bonds. The smallest absolute Gasteiger partial charge is 0.242 e. The number of carbonyl (C=O) groups excluding carboxylic acids is 2. The summed E-state index contributed by atoms with van der Waals surface area (Å²) in [5.74, 6) is -0.204. The van der Waals surface area contributed by atoms with Crippen LogP contribution in [0, 0.1) is 0 Å². The molecule has 0 aromatic carbocycles. The van der Waals surface area contributed by atoms with Crippen LogP contribution in [0.1, 0.15) is 13.3 Å². The van der Waals surface area contributed by atoms with Gasteiger partial charge in [0.05, 0.1) is 44.8 Å². The van der Waals surface area contributed by atoms with Crippen molar-refractivity contribution in [2.24, 2.45) is 0 Å². The molecule has 6 nitrogen and oxygen atoms in total. The number of hydrogen-bond donors (Lipinski definition) is 0. The fraction of sp³-hybridized carbons (Fsp3) is 0.846. The van der Waals surface area contributed by atoms with Crippen molar-refractivity contribution in [2.45, 2.75) is 18.6 Å². The maximum Gasteiger partial charge on any atom is 0.242 e. The lowest BCUT2D eigenvalue weighted by Crippen LogP contribution is -2.34. The molecule has 1 saturated heterocycles. The zero-order valence-corrected chi connectivity index (χ0v) is 12.9. The summed E-state index contributed by atoms with van der Waals surface area (Å²) in [6, 6.07) is 0. The number of likely N-dealkylation sites (tertiary alicyclic amines) is 1. The second-order valence-corrected chi connectivity index (χ2v) is 5.27. The SMILES string of the molecule is CCOCCOCCOCCN1C(=O)CC(SC)C1=O. The van der Waals surface area contributed by atoms with Crippen molar-refractivity contribution < 1.29 is 23.8 Å². The van der Waals surface area contributed by atoms with Gasteiger partial charge in [-0.25, -0.2) is 0 Å². The van der Waals surface area contributed by atoms with Gasteiger partial charge in [-0.2, -0.15) is 11.8 Å². The molecule has 0 saturated carbocycles. The van der Waals surface area contributed by atoms with Crippen molar-refractivity contribution >= 4 is 23.6 Å². The second-order valence-electron chi connectivity index (χ2n) is 4.23. The monoisotopic (exact) mass is 305 g/mol. The minimum atomic E-state index is -0.218. The molecule has 20 heavy (non-hydrogen) atoms. The Bertz CT molecular complexity index is 313. The fourth-order valence-electron chi connectivity index (χ4n) is 1.81. The Labute approximate surface area is 124 Å². The Kier molecular flexibility index (Phi) is 8.84. The molecule has 1 unspecified atom stereocenters. The van der Waals surface area contributed by atoms with E-state index in [1.165, 1.54) is 16.7 Å². The standard InChI is InChI=1S/C13H23NO5S/c1-3-17-6-7-19-9-8-18-5-4-14-12(15)10-11(20-2)13(14)16/h11H,3-10H2,1-2H3. The van der Waals surface area contributed by atoms with Crippen molar-refractivity contribution in [3.8, 4) is 0 Å². The maximum absolute atomic E-state index is 11.8. The molecule has 0 bridgehead atoms. The molecule has 1 atom stereocenters. The van der Waals surface area contributed by atoms with Gasteiger partial charge in [0, 0.05) is 13.0 Å². The first-order valence-corrected chi connectivity index (χ1v) is 8.09. The molecular weight excluding hydrogens is 282 g/mol. The van der Waals surface area contributed by atoms with Crippen molar-refractivity contribution in [3.63, 3.8) is 0 Å². The summed E-state index contributed by atoms with van der Waals surface area (Å²) in [6.45, 7) is 5.39. The van der Waals surface area contributed by atoms with E-state index >= 15 is 0 Å². The number of imide groups is 1. The second kappa shape index (κ2) is 10.1. The highest BCUT2D eigenvalue weighted by Gasteiger charge is 2.37. The number of rotatable bonds is 11. The molecule has 116 valence electrons. The number of carbonyl (C=O) groups is 2. The Morgan fingerprint density at radius 2 is 1.70 bits per heavy atom. The normalized spacial score (nSPS) is 19.1. The topological polar surface area (TPSA) is 65.1 Å². The van der Waals surface area contributed by atoms with Crippen molar-refractivity contribution in [1.82, 2.24) is 4.90 Å². The first-order valence-electron chi connectivity index (χ1n) is 6.81. The van der Waals surface area contributed by atoms with Gasteiger partial charge < -0.3 is 14.2 Å². The van der Waals surface area contributed by atoms with E-state index in [1.807, 2.05) is 13.2 Å². The minimum Gasteiger partial charge on any atom is -0.379 e. The Hall–Kier alpha value is -0.630. The summed E-state index contributed by atoms with van der Waals surface area (Å²) >= 11 is 1.42. The Morgan fingerprint density at radius 1 is 1.10 bits per heavy atom. The summed E-state index contributed by atoms with van der Waals surface area (Å²) in [5, 5.41) is -0.218. The van der Waals surface area contributed by atoms with Gasteiger partial charge in [0.15, 0.2) is 0 Å². The third-order valence-corrected chi connectivity index (χ3v) is 3.83. The van der Waals surface area contributed by atoms with Crippen molar-refractivity contribution in [3.05, 3.63) is 0 Å². The summed E-state index contributed by atoms with van der Waals surface area (Å²) < 4.78 is 15.8. The van der Waals surface area contributed by atoms with Gasteiger partial charge in [0.25, 0.3) is 0 Å². The molecule has 1 heterocycles. The molecule has 0 aliphatic carbocycles. The molecule has 1 aliphatic heterocycles. The van der Waals surface area contributed by atoms with Gasteiger partial charge >= 0.3 is 0 Å². The number of hydrogen-bond acceptors (Lipinski definition) is 6. The summed E-state index contributed by atoms with van der Waals surface area (Å²) in [7, 11) is 0. The molecule has 1 aliphatic rings. The zero-order valence-electron chi connectivity index (χ0n) is 12.1. The lowest BCUT2D eigenvalue weighted by atomic mass is 10.4. The molecule has 7 heteroatoms. The van der Waals surface area contributed by atoms with Gasteiger partial charge in [-0.3, -0.25) is 14.5 Å². The lowest BCUT2D eigenvalue weighted by Gasteiger charge is -2.14. The van der Waals surface area contributed by atoms with Crippen LogP contribution in [-0.4, -0.2) is 74.4 Å². The Balaban J connectivity index is 2.01. The van der Waals surface area contributed by atoms with Gasteiger partial charge in [-0.05, 0) is 13.2 Å². The largest absolute Gasteiger partial charge is 0.379 e. The van der Waals surface area contributed by atoms with Crippen LogP contribution in [0.15, 0.2) is 0 Å². The lowest BCUT2D eigenvalue weighted by molar-refractivity contribution is -0.139. The summed E-state index contributed by atoms with van der Waals surface area (Å²) in [5.41, 5.74) is 0. The van der Waals surface area contributed by atoms with Crippen molar-refractivity contribution in [1.29, 1.82) is 0 Å². The third kappa shape index (κ3) is 5.78. The number of ether oxygens (including phenoxy) is 3. The van der Waals surface area contributed by atoms with E-state index in [-0.39, 0.29) is 17.1 Å². The fourth-order valence-corrected chi connectivity index (χ4v) is 2.45. The number of thioether (sulfide) groups is 1. The molecular formula is C13H23NO5S. The predicted molar refractivity (Wildman–Crippen MR) is 76.8 cm³/mol. The highest BCUT2D eigenvalue weighted by molar-refractivity contribution is 8.00. The van der Waals surface area contributed by atoms with Gasteiger partial charge in [0.2, 0.25) is 11.8 Å². The highest BCUT2D eigenvalue weighted by atomic mass is 32.2. The van der Waals surface area contributed by atoms with Crippen LogP contribution in [0.2, 0.25) is 0 Å². The average molecular weight is 305 g/mol. The van der Waals surface area contributed by atoms with Gasteiger partial charge in [0.1, 0.15) is 0 Å². The summed E-state index contributed by atoms with van der Waals surface area (Å²) in [4.78, 5) is 24.7. The minimum absolute atomic E-state index is 0.0981. The number of amides is 2. The first kappa shape index (κ1) is 17.4. The van der Waals surface area contributed by atoms with Crippen LogP contribution >= 0.6 is 11.8 Å². The van der Waals surface area contributed by atoms with E-state index in [4.69, 9.17) is 14.2 Å². The highest BCUT2D eigenvalue weighted by Crippen LogP contribution is 2.22. The van der Waals surface area contributed by atoms with Crippen LogP contribution in [0.5, 0.6) is 0 Å². The Morgan fingerprint density at radius 3 is 2.25 bits per heavy atom. The van der Waals surface area contributed by atoms with Gasteiger partial charge in [-0.1, -0.05) is 0 Å². The molecule has 0 radical (unpaired) electrons. The van der Waals surface area contributed by atoms with Crippen LogP contribution in [0.3, 0.4) is 0 Å². The van der Waals surface area contributed by atoms with Crippen LogP contribution in [0.25, 0.3) is 0 Å². The van der Waals surface area contributed by atoms with E-state index < -0.39 is 0 Å². The third-order valence-electron chi connectivity index (χ3n) is 2.89. The van der Waals surface area contributed by atoms with Crippen LogP contribution in [0.4, 0.5) is 0 Å². The maximum atomic E-state index is 11.8. The first-order chi connectivity index (χ1) is 9.70.